The van der Waals surface area contributed by atoms with Crippen LogP contribution in [-0.4, -0.2) is 22.6 Å². The Hall–Kier alpha value is -3.83. The molecule has 2 aromatic carbocycles. The minimum absolute atomic E-state index is 0.188. The van der Waals surface area contributed by atoms with E-state index in [9.17, 15) is 18.4 Å². The molecule has 0 spiro atoms. The summed E-state index contributed by atoms with van der Waals surface area (Å²) in [6.45, 7) is 4.53. The van der Waals surface area contributed by atoms with E-state index in [0.29, 0.717) is 35.8 Å². The van der Waals surface area contributed by atoms with Gasteiger partial charge in [-0.3, -0.25) is 4.40 Å². The minimum atomic E-state index is -4.42. The number of nitriles is 1. The third-order valence-corrected chi connectivity index (χ3v) is 6.50. The summed E-state index contributed by atoms with van der Waals surface area (Å²) in [6.07, 6.45) is 0.172. The zero-order valence-electron chi connectivity index (χ0n) is 19.3. The number of hydrogen-bond acceptors (Lipinski definition) is 4. The number of hydrogen-bond donors (Lipinski definition) is 1. The summed E-state index contributed by atoms with van der Waals surface area (Å²) in [4.78, 5) is 4.76. The Morgan fingerprint density at radius 2 is 2.03 bits per heavy atom. The highest BCUT2D eigenvalue weighted by molar-refractivity contribution is 5.94. The quantitative estimate of drug-likeness (QED) is 0.358. The average molecular weight is 477 g/mol. The van der Waals surface area contributed by atoms with Crippen LogP contribution >= 0.6 is 0 Å². The maximum Gasteiger partial charge on any atom is 0.416 e. The number of alkyl halides is 3. The van der Waals surface area contributed by atoms with Crippen LogP contribution in [0.1, 0.15) is 47.2 Å². The molecular formula is C27H23F3N4O. The Morgan fingerprint density at radius 3 is 2.74 bits per heavy atom. The first kappa shape index (κ1) is 22.9. The van der Waals surface area contributed by atoms with Crippen molar-refractivity contribution in [1.29, 1.82) is 5.26 Å². The van der Waals surface area contributed by atoms with Crippen molar-refractivity contribution in [2.75, 3.05) is 18.5 Å². The van der Waals surface area contributed by atoms with E-state index in [-0.39, 0.29) is 5.56 Å². The van der Waals surface area contributed by atoms with Crippen molar-refractivity contribution in [2.45, 2.75) is 32.5 Å². The van der Waals surface area contributed by atoms with Gasteiger partial charge in [-0.1, -0.05) is 24.3 Å². The molecule has 8 heteroatoms. The summed E-state index contributed by atoms with van der Waals surface area (Å²) < 4.78 is 47.7. The molecular weight excluding hydrogens is 453 g/mol. The number of ether oxygens (including phenoxy) is 1. The van der Waals surface area contributed by atoms with Gasteiger partial charge in [0.25, 0.3) is 0 Å². The summed E-state index contributed by atoms with van der Waals surface area (Å²) in [6, 6.07) is 13.7. The van der Waals surface area contributed by atoms with E-state index in [1.165, 1.54) is 18.6 Å². The fraction of sp³-hybridized carbons (Fsp3) is 0.259. The van der Waals surface area contributed by atoms with Crippen molar-refractivity contribution in [3.05, 3.63) is 82.6 Å². The number of nitrogens with one attached hydrogen (secondary N) is 1. The lowest BCUT2D eigenvalue weighted by molar-refractivity contribution is -0.138. The standard InChI is InChI=1S/C27H23F3N4O/c1-16-21(4-3-5-23(16)27(28,29)30)17(2)32-26-22-13-20(19-8-10-35-11-9-19)6-7-24(22)34-15-18(14-31)12-25(34)33-26/h3-8,12-13,15,17H,9-11H2,1-2H3,(H,32,33)/t17-/m1/s1. The molecule has 3 heterocycles. The summed E-state index contributed by atoms with van der Waals surface area (Å²) in [5.41, 5.74) is 4.23. The summed E-state index contributed by atoms with van der Waals surface area (Å²) in [5.74, 6) is 0.550. The van der Waals surface area contributed by atoms with Gasteiger partial charge in [0.15, 0.2) is 0 Å². The van der Waals surface area contributed by atoms with Gasteiger partial charge in [-0.2, -0.15) is 18.4 Å². The number of rotatable bonds is 4. The van der Waals surface area contributed by atoms with Crippen molar-refractivity contribution in [1.82, 2.24) is 9.38 Å². The first-order chi connectivity index (χ1) is 16.8. The normalized spacial score (nSPS) is 15.1. The Morgan fingerprint density at radius 1 is 1.20 bits per heavy atom. The Bertz CT molecular complexity index is 1510. The monoisotopic (exact) mass is 476 g/mol. The number of benzene rings is 2. The number of aromatic nitrogens is 2. The molecule has 1 atom stereocenters. The van der Waals surface area contributed by atoms with E-state index < -0.39 is 17.8 Å². The molecule has 0 radical (unpaired) electrons. The first-order valence-electron chi connectivity index (χ1n) is 11.3. The highest BCUT2D eigenvalue weighted by atomic mass is 19.4. The lowest BCUT2D eigenvalue weighted by Gasteiger charge is -2.22. The van der Waals surface area contributed by atoms with Crippen molar-refractivity contribution in [3.63, 3.8) is 0 Å². The number of nitrogens with zero attached hydrogens (tertiary/aromatic N) is 3. The van der Waals surface area contributed by atoms with Crippen molar-refractivity contribution in [3.8, 4) is 6.07 Å². The lowest BCUT2D eigenvalue weighted by Crippen LogP contribution is -2.14. The Balaban J connectivity index is 1.64. The molecule has 2 aromatic heterocycles. The Kier molecular flexibility index (Phi) is 5.73. The highest BCUT2D eigenvalue weighted by Gasteiger charge is 2.33. The van der Waals surface area contributed by atoms with E-state index >= 15 is 0 Å². The molecule has 1 aliphatic rings. The lowest BCUT2D eigenvalue weighted by atomic mass is 9.97. The molecule has 4 aromatic rings. The molecule has 5 rings (SSSR count). The number of anilines is 1. The SMILES string of the molecule is Cc1c([C@@H](C)Nc2nc3cc(C#N)cn3c3ccc(C4=CCOCC4)cc23)cccc1C(F)(F)F. The zero-order chi connectivity index (χ0) is 24.7. The third kappa shape index (κ3) is 4.24. The molecule has 35 heavy (non-hydrogen) atoms. The van der Waals surface area contributed by atoms with Crippen LogP contribution in [0.2, 0.25) is 0 Å². The fourth-order valence-corrected chi connectivity index (χ4v) is 4.71. The molecule has 178 valence electrons. The predicted octanol–water partition coefficient (Wildman–Crippen LogP) is 6.66. The largest absolute Gasteiger partial charge is 0.416 e. The molecule has 0 fully saturated rings. The van der Waals surface area contributed by atoms with Crippen LogP contribution in [-0.2, 0) is 10.9 Å². The molecule has 0 bridgehead atoms. The number of halogens is 3. The maximum atomic E-state index is 13.5. The van der Waals surface area contributed by atoms with Crippen LogP contribution in [0.3, 0.4) is 0 Å². The van der Waals surface area contributed by atoms with Crippen molar-refractivity contribution >= 4 is 27.9 Å². The van der Waals surface area contributed by atoms with Gasteiger partial charge in [0.05, 0.1) is 35.9 Å². The molecule has 1 aliphatic heterocycles. The molecule has 0 amide bonds. The van der Waals surface area contributed by atoms with Gasteiger partial charge >= 0.3 is 6.18 Å². The van der Waals surface area contributed by atoms with Crippen LogP contribution in [0.5, 0.6) is 0 Å². The molecule has 5 nitrogen and oxygen atoms in total. The average Bonchev–Trinajstić information content (AvgIpc) is 3.27. The van der Waals surface area contributed by atoms with Gasteiger partial charge in [-0.05, 0) is 60.7 Å². The molecule has 0 aliphatic carbocycles. The third-order valence-electron chi connectivity index (χ3n) is 6.50. The second kappa shape index (κ2) is 8.75. The smallest absolute Gasteiger partial charge is 0.377 e. The molecule has 0 saturated carbocycles. The molecule has 1 N–H and O–H groups in total. The summed E-state index contributed by atoms with van der Waals surface area (Å²) in [7, 11) is 0. The van der Waals surface area contributed by atoms with Crippen LogP contribution in [0.25, 0.3) is 22.1 Å². The highest BCUT2D eigenvalue weighted by Crippen LogP contribution is 2.36. The van der Waals surface area contributed by atoms with Gasteiger partial charge in [0.2, 0.25) is 0 Å². The van der Waals surface area contributed by atoms with E-state index in [1.54, 1.807) is 18.3 Å². The molecule has 0 unspecified atom stereocenters. The van der Waals surface area contributed by atoms with Gasteiger partial charge in [0.1, 0.15) is 17.5 Å². The second-order valence-electron chi connectivity index (χ2n) is 8.70. The van der Waals surface area contributed by atoms with E-state index in [1.807, 2.05) is 29.5 Å². The maximum absolute atomic E-state index is 13.5. The zero-order valence-corrected chi connectivity index (χ0v) is 19.3. The molecule has 0 saturated heterocycles. The van der Waals surface area contributed by atoms with Crippen LogP contribution in [0.15, 0.2) is 54.7 Å². The van der Waals surface area contributed by atoms with Crippen molar-refractivity contribution < 1.29 is 17.9 Å². The van der Waals surface area contributed by atoms with Gasteiger partial charge in [0, 0.05) is 17.6 Å². The van der Waals surface area contributed by atoms with E-state index in [2.05, 4.69) is 17.5 Å². The first-order valence-corrected chi connectivity index (χ1v) is 11.3. The van der Waals surface area contributed by atoms with Crippen molar-refractivity contribution in [2.24, 2.45) is 0 Å². The fourth-order valence-electron chi connectivity index (χ4n) is 4.71. The second-order valence-corrected chi connectivity index (χ2v) is 8.70. The van der Waals surface area contributed by atoms with E-state index in [4.69, 9.17) is 9.72 Å². The Labute approximate surface area is 200 Å². The van der Waals surface area contributed by atoms with Gasteiger partial charge < -0.3 is 10.1 Å². The van der Waals surface area contributed by atoms with Gasteiger partial charge in [-0.15, -0.1) is 0 Å². The summed E-state index contributed by atoms with van der Waals surface area (Å²) in [5, 5.41) is 13.6. The van der Waals surface area contributed by atoms with Gasteiger partial charge in [-0.25, -0.2) is 4.98 Å². The number of fused-ring (bicyclic) bond motifs is 3. The predicted molar refractivity (Wildman–Crippen MR) is 129 cm³/mol. The van der Waals surface area contributed by atoms with Crippen LogP contribution < -0.4 is 5.32 Å². The summed E-state index contributed by atoms with van der Waals surface area (Å²) >= 11 is 0. The van der Waals surface area contributed by atoms with Crippen LogP contribution in [0.4, 0.5) is 19.0 Å². The van der Waals surface area contributed by atoms with Crippen LogP contribution in [0, 0.1) is 18.3 Å². The van der Waals surface area contributed by atoms with E-state index in [0.717, 1.165) is 29.0 Å². The minimum Gasteiger partial charge on any atom is -0.377 e. The topological polar surface area (TPSA) is 62.4 Å².